The van der Waals surface area contributed by atoms with Crippen LogP contribution in [0.2, 0.25) is 0 Å². The molecule has 0 spiro atoms. The Kier molecular flexibility index (Phi) is 7.94. The van der Waals surface area contributed by atoms with Crippen molar-refractivity contribution in [1.29, 1.82) is 5.26 Å². The Balaban J connectivity index is 0.00000400. The predicted molar refractivity (Wildman–Crippen MR) is 144 cm³/mol. The first-order valence-corrected chi connectivity index (χ1v) is 12.1. The Morgan fingerprint density at radius 1 is 0.763 bits per heavy atom. The van der Waals surface area contributed by atoms with E-state index in [4.69, 9.17) is 9.97 Å². The molecular weight excluding hydrogens is 567 g/mol. The van der Waals surface area contributed by atoms with Gasteiger partial charge in [0.25, 0.3) is 0 Å². The summed E-state index contributed by atoms with van der Waals surface area (Å²) in [5, 5.41) is 9.42. The number of pyridine rings is 2. The van der Waals surface area contributed by atoms with Crippen LogP contribution in [-0.4, -0.2) is 35.8 Å². The summed E-state index contributed by atoms with van der Waals surface area (Å²) in [7, 11) is 0. The van der Waals surface area contributed by atoms with Gasteiger partial charge in [0.2, 0.25) is 0 Å². The molecule has 0 atom stereocenters. The van der Waals surface area contributed by atoms with E-state index in [0.717, 1.165) is 23.0 Å². The molecule has 4 heterocycles. The molecule has 0 aliphatic rings. The van der Waals surface area contributed by atoms with Crippen LogP contribution >= 0.6 is 0 Å². The zero-order valence-electron chi connectivity index (χ0n) is 23.1. The van der Waals surface area contributed by atoms with Crippen LogP contribution in [0.4, 0.5) is 5.82 Å². The van der Waals surface area contributed by atoms with E-state index in [0.29, 0.717) is 17.5 Å². The van der Waals surface area contributed by atoms with Crippen LogP contribution in [0.25, 0.3) is 11.6 Å². The van der Waals surface area contributed by atoms with Gasteiger partial charge in [0.1, 0.15) is 0 Å². The van der Waals surface area contributed by atoms with Crippen molar-refractivity contribution in [2.45, 2.75) is 71.6 Å². The Bertz CT molecular complexity index is 1510. The molecule has 0 fully saturated rings. The molecule has 0 N–H and O–H groups in total. The van der Waals surface area contributed by atoms with Gasteiger partial charge in [-0.25, -0.2) is 0 Å². The molecule has 0 aliphatic heterocycles. The fraction of sp³-hybridized carbons (Fsp3) is 0.379. The van der Waals surface area contributed by atoms with Crippen molar-refractivity contribution < 1.29 is 20.4 Å². The fourth-order valence-corrected chi connectivity index (χ4v) is 4.05. The first-order chi connectivity index (χ1) is 17.3. The minimum atomic E-state index is -0.533. The minimum absolute atomic E-state index is 0. The first kappa shape index (κ1) is 29.1. The van der Waals surface area contributed by atoms with Crippen molar-refractivity contribution in [1.82, 2.24) is 29.1 Å². The quantitative estimate of drug-likeness (QED) is 0.170. The molecule has 4 rings (SSSR count). The molecular formula is C29H32N8Pd. The molecule has 0 radical (unpaired) electrons. The zero-order valence-corrected chi connectivity index (χ0v) is 24.6. The number of nitriles is 1. The Labute approximate surface area is 238 Å². The maximum atomic E-state index is 9.42. The summed E-state index contributed by atoms with van der Waals surface area (Å²) in [4.78, 5) is 23.0. The molecule has 8 nitrogen and oxygen atoms in total. The van der Waals surface area contributed by atoms with E-state index in [9.17, 15) is 5.26 Å². The van der Waals surface area contributed by atoms with Crippen molar-refractivity contribution in [2.75, 3.05) is 0 Å². The number of aromatic nitrogens is 6. The van der Waals surface area contributed by atoms with E-state index in [2.05, 4.69) is 95.5 Å². The van der Waals surface area contributed by atoms with Gasteiger partial charge in [-0.05, 0) is 55.9 Å². The smallest absolute Gasteiger partial charge is 0.448 e. The first-order valence-electron chi connectivity index (χ1n) is 12.1. The number of hydrogen-bond acceptors (Lipinski definition) is 6. The summed E-state index contributed by atoms with van der Waals surface area (Å²) >= 11 is 0. The molecule has 38 heavy (non-hydrogen) atoms. The molecule has 0 aliphatic carbocycles. The third kappa shape index (κ3) is 5.53. The summed E-state index contributed by atoms with van der Waals surface area (Å²) < 4.78 is 3.63. The van der Waals surface area contributed by atoms with Crippen LogP contribution in [0.15, 0.2) is 41.4 Å². The van der Waals surface area contributed by atoms with Gasteiger partial charge in [0.15, 0.2) is 0 Å². The second kappa shape index (κ2) is 10.4. The SMILES string of the molecule is C=Nc1[c-]n(-c2cccc(C(C)(C)c3cccc(-n4[c-]c(C#N)nc4C(C)(C)C)n3)n2)c(C(C)(C)C)n1.[Pd+2]. The molecule has 0 aromatic carbocycles. The summed E-state index contributed by atoms with van der Waals surface area (Å²) in [5.41, 5.74) is 0.846. The van der Waals surface area contributed by atoms with Gasteiger partial charge in [-0.1, -0.05) is 65.8 Å². The van der Waals surface area contributed by atoms with Crippen molar-refractivity contribution in [2.24, 2.45) is 4.99 Å². The standard InChI is InChI=1S/C29H32N8.Pd/c1-27(2,3)25-32-19(16-30)17-36(25)23-14-10-12-20(33-23)29(7,8)21-13-11-15-24(34-21)37-18-22(31-9)35-26(37)28(4,5)6;/h10-15H,9H2,1-8H3;/q-2;+2. The van der Waals surface area contributed by atoms with Crippen molar-refractivity contribution in [3.8, 4) is 17.7 Å². The molecule has 198 valence electrons. The minimum Gasteiger partial charge on any atom is -0.448 e. The van der Waals surface area contributed by atoms with Gasteiger partial charge in [-0.15, -0.1) is 0 Å². The second-order valence-electron chi connectivity index (χ2n) is 11.6. The van der Waals surface area contributed by atoms with E-state index in [-0.39, 0.29) is 36.9 Å². The Morgan fingerprint density at radius 3 is 1.68 bits per heavy atom. The van der Waals surface area contributed by atoms with Crippen LogP contribution in [-0.2, 0) is 36.7 Å². The van der Waals surface area contributed by atoms with E-state index in [1.54, 1.807) is 4.57 Å². The van der Waals surface area contributed by atoms with Gasteiger partial charge >= 0.3 is 20.4 Å². The average Bonchev–Trinajstić information content (AvgIpc) is 3.49. The number of nitrogens with zero attached hydrogens (tertiary/aromatic N) is 8. The molecule has 4 aromatic rings. The van der Waals surface area contributed by atoms with E-state index in [1.165, 1.54) is 0 Å². The van der Waals surface area contributed by atoms with Crippen molar-refractivity contribution in [3.05, 3.63) is 77.5 Å². The maximum Gasteiger partial charge on any atom is 2.00 e. The molecule has 0 unspecified atom stereocenters. The molecule has 0 saturated carbocycles. The van der Waals surface area contributed by atoms with E-state index < -0.39 is 5.41 Å². The number of rotatable bonds is 5. The second-order valence-corrected chi connectivity index (χ2v) is 11.6. The van der Waals surface area contributed by atoms with Crippen molar-refractivity contribution in [3.63, 3.8) is 0 Å². The molecule has 0 bridgehead atoms. The molecule has 0 saturated heterocycles. The van der Waals surface area contributed by atoms with Gasteiger partial charge in [-0.3, -0.25) is 30.2 Å². The number of imidazole rings is 2. The normalized spacial score (nSPS) is 12.1. The van der Waals surface area contributed by atoms with Gasteiger partial charge < -0.3 is 9.13 Å². The Hall–Kier alpha value is -3.46. The number of hydrogen-bond donors (Lipinski definition) is 0. The van der Waals surface area contributed by atoms with Gasteiger partial charge in [0, 0.05) is 40.3 Å². The van der Waals surface area contributed by atoms with Gasteiger partial charge in [0.05, 0.1) is 17.3 Å². The monoisotopic (exact) mass is 598 g/mol. The van der Waals surface area contributed by atoms with Crippen LogP contribution < -0.4 is 0 Å². The summed E-state index contributed by atoms with van der Waals surface area (Å²) in [5.74, 6) is 3.32. The topological polar surface area (TPSA) is 97.6 Å². The van der Waals surface area contributed by atoms with Crippen LogP contribution in [0.1, 0.15) is 84.1 Å². The number of aliphatic imine (C=N–C) groups is 1. The predicted octanol–water partition coefficient (Wildman–Crippen LogP) is 5.57. The zero-order chi connectivity index (χ0) is 27.2. The van der Waals surface area contributed by atoms with Crippen molar-refractivity contribution >= 4 is 12.5 Å². The molecule has 4 aromatic heterocycles. The van der Waals surface area contributed by atoms with Crippen LogP contribution in [0.5, 0.6) is 0 Å². The third-order valence-electron chi connectivity index (χ3n) is 6.09. The van der Waals surface area contributed by atoms with Gasteiger partial charge in [-0.2, -0.15) is 0 Å². The third-order valence-corrected chi connectivity index (χ3v) is 6.09. The fourth-order valence-electron chi connectivity index (χ4n) is 4.05. The van der Waals surface area contributed by atoms with Crippen LogP contribution in [0, 0.1) is 23.7 Å². The Morgan fingerprint density at radius 2 is 1.24 bits per heavy atom. The molecule has 0 amide bonds. The molecule has 9 heteroatoms. The van der Waals surface area contributed by atoms with E-state index in [1.807, 2.05) is 41.0 Å². The van der Waals surface area contributed by atoms with Crippen LogP contribution in [0.3, 0.4) is 0 Å². The summed E-state index contributed by atoms with van der Waals surface area (Å²) in [6.07, 6.45) is 6.26. The average molecular weight is 599 g/mol. The maximum absolute atomic E-state index is 9.42. The summed E-state index contributed by atoms with van der Waals surface area (Å²) in [6, 6.07) is 13.8. The largest absolute Gasteiger partial charge is 2.00 e. The van der Waals surface area contributed by atoms with E-state index >= 15 is 0 Å². The summed E-state index contributed by atoms with van der Waals surface area (Å²) in [6.45, 7) is 20.2.